The molecular weight excluding hydrogens is 205 g/mol. The Balaban J connectivity index is 2.71. The number of rotatable bonds is 5. The van der Waals surface area contributed by atoms with Gasteiger partial charge in [0.2, 0.25) is 0 Å². The predicted octanol–water partition coefficient (Wildman–Crippen LogP) is 2.00. The maximum Gasteiger partial charge on any atom is 0.362 e. The molecule has 1 unspecified atom stereocenters. The van der Waals surface area contributed by atoms with Gasteiger partial charge in [-0.15, -0.1) is 4.67 Å². The topological polar surface area (TPSA) is 57.7 Å². The zero-order chi connectivity index (χ0) is 10.4. The third kappa shape index (κ3) is 3.20. The largest absolute Gasteiger partial charge is 0.362 e. The molecule has 0 aliphatic rings. The second-order valence-electron chi connectivity index (χ2n) is 2.55. The van der Waals surface area contributed by atoms with Crippen LogP contribution in [0.25, 0.3) is 0 Å². The summed E-state index contributed by atoms with van der Waals surface area (Å²) in [6.45, 7) is 0. The number of pyridine rings is 1. The first-order valence-corrected chi connectivity index (χ1v) is 5.69. The van der Waals surface area contributed by atoms with E-state index in [1.807, 2.05) is 0 Å². The lowest BCUT2D eigenvalue weighted by Gasteiger charge is -2.12. The summed E-state index contributed by atoms with van der Waals surface area (Å²) in [5.41, 5.74) is 0.773. The molecule has 6 heteroatoms. The van der Waals surface area contributed by atoms with Gasteiger partial charge in [-0.05, 0) is 11.6 Å². The van der Waals surface area contributed by atoms with Crippen molar-refractivity contribution < 1.29 is 18.7 Å². The van der Waals surface area contributed by atoms with Crippen molar-refractivity contribution in [3.63, 3.8) is 0 Å². The van der Waals surface area contributed by atoms with Gasteiger partial charge >= 0.3 is 7.60 Å². The van der Waals surface area contributed by atoms with Crippen molar-refractivity contribution in [3.05, 3.63) is 30.1 Å². The molecule has 1 rings (SSSR count). The first-order chi connectivity index (χ1) is 6.70. The molecular formula is C8H12NO4P. The molecule has 78 valence electrons. The molecule has 0 aromatic carbocycles. The van der Waals surface area contributed by atoms with Crippen molar-refractivity contribution in [2.75, 3.05) is 14.2 Å². The predicted molar refractivity (Wildman–Crippen MR) is 50.7 cm³/mol. The highest BCUT2D eigenvalue weighted by molar-refractivity contribution is 7.52. The van der Waals surface area contributed by atoms with Gasteiger partial charge in [-0.1, -0.05) is 6.07 Å². The first kappa shape index (κ1) is 11.3. The third-order valence-corrected chi connectivity index (χ3v) is 3.25. The molecule has 0 spiro atoms. The molecule has 14 heavy (non-hydrogen) atoms. The lowest BCUT2D eigenvalue weighted by atomic mass is 10.3. The maximum atomic E-state index is 11.8. The molecule has 0 amide bonds. The van der Waals surface area contributed by atoms with Gasteiger partial charge in [0.05, 0.1) is 13.3 Å². The van der Waals surface area contributed by atoms with Crippen LogP contribution in [0.5, 0.6) is 0 Å². The fraction of sp³-hybridized carbons (Fsp3) is 0.375. The highest BCUT2D eigenvalue weighted by Crippen LogP contribution is 2.50. The Morgan fingerprint density at radius 1 is 1.50 bits per heavy atom. The standard InChI is InChI=1S/C8H12NO4P/c1-11-13-14(10,12-2)7-8-4-3-5-9-6-8/h3-6H,7H2,1-2H3. The zero-order valence-corrected chi connectivity index (χ0v) is 8.94. The monoisotopic (exact) mass is 217 g/mol. The summed E-state index contributed by atoms with van der Waals surface area (Å²) >= 11 is 0. The van der Waals surface area contributed by atoms with Crippen molar-refractivity contribution in [2.45, 2.75) is 6.16 Å². The van der Waals surface area contributed by atoms with E-state index in [1.54, 1.807) is 24.5 Å². The SMILES string of the molecule is COOP(=O)(Cc1cccnc1)OC. The highest BCUT2D eigenvalue weighted by Gasteiger charge is 2.24. The van der Waals surface area contributed by atoms with Crippen LogP contribution in [0.2, 0.25) is 0 Å². The Morgan fingerprint density at radius 2 is 2.29 bits per heavy atom. The Hall–Kier alpha value is -0.740. The van der Waals surface area contributed by atoms with E-state index in [2.05, 4.69) is 14.5 Å². The Bertz CT molecular complexity index is 316. The van der Waals surface area contributed by atoms with Crippen LogP contribution in [-0.2, 0) is 24.8 Å². The molecule has 0 bridgehead atoms. The van der Waals surface area contributed by atoms with Crippen LogP contribution >= 0.6 is 7.60 Å². The van der Waals surface area contributed by atoms with Crippen LogP contribution < -0.4 is 0 Å². The number of aromatic nitrogens is 1. The van der Waals surface area contributed by atoms with E-state index in [1.165, 1.54) is 14.2 Å². The molecule has 0 fully saturated rings. The fourth-order valence-electron chi connectivity index (χ4n) is 0.950. The lowest BCUT2D eigenvalue weighted by molar-refractivity contribution is -0.186. The molecule has 0 saturated heterocycles. The molecule has 0 saturated carbocycles. The summed E-state index contributed by atoms with van der Waals surface area (Å²) in [5.74, 6) is 0. The molecule has 0 aliphatic heterocycles. The van der Waals surface area contributed by atoms with Crippen molar-refractivity contribution in [1.82, 2.24) is 4.98 Å². The normalized spacial score (nSPS) is 15.0. The summed E-state index contributed by atoms with van der Waals surface area (Å²) in [6, 6.07) is 3.54. The number of hydrogen-bond acceptors (Lipinski definition) is 5. The van der Waals surface area contributed by atoms with Crippen LogP contribution in [0, 0.1) is 0 Å². The van der Waals surface area contributed by atoms with Gasteiger partial charge in [0.15, 0.2) is 0 Å². The van der Waals surface area contributed by atoms with Gasteiger partial charge in [-0.3, -0.25) is 9.55 Å². The summed E-state index contributed by atoms with van der Waals surface area (Å²) in [7, 11) is -0.582. The Morgan fingerprint density at radius 3 is 2.79 bits per heavy atom. The number of hydrogen-bond donors (Lipinski definition) is 0. The zero-order valence-electron chi connectivity index (χ0n) is 8.04. The van der Waals surface area contributed by atoms with Gasteiger partial charge < -0.3 is 4.52 Å². The van der Waals surface area contributed by atoms with Gasteiger partial charge in [-0.2, -0.15) is 0 Å². The van der Waals surface area contributed by atoms with E-state index in [4.69, 9.17) is 4.52 Å². The van der Waals surface area contributed by atoms with E-state index in [9.17, 15) is 4.57 Å². The average molecular weight is 217 g/mol. The Kier molecular flexibility index (Phi) is 4.22. The van der Waals surface area contributed by atoms with Crippen LogP contribution in [0.15, 0.2) is 24.5 Å². The fourth-order valence-corrected chi connectivity index (χ4v) is 2.05. The van der Waals surface area contributed by atoms with E-state index in [0.717, 1.165) is 5.56 Å². The molecule has 0 radical (unpaired) electrons. The second-order valence-corrected chi connectivity index (χ2v) is 4.61. The smallest absolute Gasteiger partial charge is 0.310 e. The van der Waals surface area contributed by atoms with Crippen LogP contribution in [0.1, 0.15) is 5.56 Å². The molecule has 1 heterocycles. The summed E-state index contributed by atoms with van der Waals surface area (Å²) in [5, 5.41) is 0. The molecule has 5 nitrogen and oxygen atoms in total. The van der Waals surface area contributed by atoms with Crippen molar-refractivity contribution in [3.8, 4) is 0 Å². The highest BCUT2D eigenvalue weighted by atomic mass is 31.2. The maximum absolute atomic E-state index is 11.8. The summed E-state index contributed by atoms with van der Waals surface area (Å²) in [4.78, 5) is 8.25. The van der Waals surface area contributed by atoms with Gasteiger partial charge in [0, 0.05) is 19.5 Å². The van der Waals surface area contributed by atoms with Crippen LogP contribution in [0.3, 0.4) is 0 Å². The van der Waals surface area contributed by atoms with E-state index >= 15 is 0 Å². The van der Waals surface area contributed by atoms with Gasteiger partial charge in [0.1, 0.15) is 0 Å². The molecule has 1 aromatic rings. The van der Waals surface area contributed by atoms with Crippen molar-refractivity contribution >= 4 is 7.60 Å². The minimum absolute atomic E-state index is 0.144. The van der Waals surface area contributed by atoms with E-state index in [-0.39, 0.29) is 6.16 Å². The molecule has 0 aliphatic carbocycles. The molecule has 0 N–H and O–H groups in total. The lowest BCUT2D eigenvalue weighted by Crippen LogP contribution is -1.96. The van der Waals surface area contributed by atoms with Crippen molar-refractivity contribution in [2.24, 2.45) is 0 Å². The van der Waals surface area contributed by atoms with Crippen LogP contribution in [0.4, 0.5) is 0 Å². The molecule has 1 aromatic heterocycles. The Labute approximate surface area is 82.5 Å². The second kappa shape index (κ2) is 5.22. The van der Waals surface area contributed by atoms with Gasteiger partial charge in [-0.25, -0.2) is 4.89 Å². The first-order valence-electron chi connectivity index (χ1n) is 3.96. The summed E-state index contributed by atoms with van der Waals surface area (Å²) < 4.78 is 21.1. The van der Waals surface area contributed by atoms with Crippen molar-refractivity contribution in [1.29, 1.82) is 0 Å². The third-order valence-electron chi connectivity index (χ3n) is 1.57. The quantitative estimate of drug-likeness (QED) is 0.429. The average Bonchev–Trinajstić information content (AvgIpc) is 2.20. The van der Waals surface area contributed by atoms with Gasteiger partial charge in [0.25, 0.3) is 0 Å². The van der Waals surface area contributed by atoms with E-state index < -0.39 is 7.60 Å². The number of nitrogens with zero attached hydrogens (tertiary/aromatic N) is 1. The van der Waals surface area contributed by atoms with Crippen LogP contribution in [-0.4, -0.2) is 19.2 Å². The molecule has 1 atom stereocenters. The summed E-state index contributed by atoms with van der Waals surface area (Å²) in [6.07, 6.45) is 3.38. The van der Waals surface area contributed by atoms with E-state index in [0.29, 0.717) is 0 Å². The minimum atomic E-state index is -3.18. The minimum Gasteiger partial charge on any atom is -0.310 e.